The molecule has 3 heteroatoms. The fourth-order valence-electron chi connectivity index (χ4n) is 2.76. The van der Waals surface area contributed by atoms with Crippen LogP contribution in [0.5, 0.6) is 0 Å². The first-order valence-corrected chi connectivity index (χ1v) is 7.07. The molecule has 0 aliphatic carbocycles. The minimum absolute atomic E-state index is 0.488. The van der Waals surface area contributed by atoms with Crippen LogP contribution in [0, 0.1) is 0 Å². The Morgan fingerprint density at radius 3 is 3.11 bits per heavy atom. The minimum atomic E-state index is 0.488. The molecule has 96 valence electrons. The van der Waals surface area contributed by atoms with Crippen molar-refractivity contribution in [2.45, 2.75) is 38.3 Å². The van der Waals surface area contributed by atoms with E-state index in [4.69, 9.17) is 16.3 Å². The van der Waals surface area contributed by atoms with E-state index in [1.165, 1.54) is 18.2 Å². The summed E-state index contributed by atoms with van der Waals surface area (Å²) in [5.74, 6) is 0. The van der Waals surface area contributed by atoms with Crippen molar-refractivity contribution in [3.05, 3.63) is 35.5 Å². The smallest absolute Gasteiger partial charge is 0.0669 e. The van der Waals surface area contributed by atoms with E-state index in [1.807, 2.05) is 12.1 Å². The lowest BCUT2D eigenvalue weighted by atomic mass is 10.1. The number of fused-ring (bicyclic) bond motifs is 1. The van der Waals surface area contributed by atoms with Crippen LogP contribution in [-0.2, 0) is 11.3 Å². The molecule has 3 rings (SSSR count). The van der Waals surface area contributed by atoms with Crippen molar-refractivity contribution in [1.82, 2.24) is 4.57 Å². The van der Waals surface area contributed by atoms with Crippen LogP contribution in [0.4, 0.5) is 0 Å². The number of hydrogen-bond acceptors (Lipinski definition) is 1. The molecule has 0 saturated carbocycles. The zero-order valence-corrected chi connectivity index (χ0v) is 11.2. The van der Waals surface area contributed by atoms with Gasteiger partial charge < -0.3 is 9.30 Å². The van der Waals surface area contributed by atoms with E-state index in [0.29, 0.717) is 6.10 Å². The molecule has 0 spiro atoms. The number of halogens is 1. The third-order valence-electron chi connectivity index (χ3n) is 3.69. The lowest BCUT2D eigenvalue weighted by Gasteiger charge is -2.10. The van der Waals surface area contributed by atoms with Gasteiger partial charge >= 0.3 is 0 Å². The third-order valence-corrected chi connectivity index (χ3v) is 3.99. The Morgan fingerprint density at radius 2 is 2.28 bits per heavy atom. The first kappa shape index (κ1) is 12.1. The number of nitrogens with zero attached hydrogens (tertiary/aromatic N) is 1. The molecule has 1 aromatic carbocycles. The molecule has 2 aromatic rings. The van der Waals surface area contributed by atoms with Crippen LogP contribution >= 0.6 is 11.6 Å². The average molecular weight is 264 g/mol. The lowest BCUT2D eigenvalue weighted by molar-refractivity contribution is 0.101. The number of aromatic nitrogens is 1. The Hall–Kier alpha value is -0.990. The minimum Gasteiger partial charge on any atom is -0.378 e. The highest BCUT2D eigenvalue weighted by Gasteiger charge is 2.14. The van der Waals surface area contributed by atoms with Gasteiger partial charge in [0.2, 0.25) is 0 Å². The molecule has 1 unspecified atom stereocenters. The topological polar surface area (TPSA) is 14.2 Å². The quantitative estimate of drug-likeness (QED) is 0.804. The first-order valence-electron chi connectivity index (χ1n) is 6.69. The maximum atomic E-state index is 6.26. The molecule has 1 aliphatic rings. The van der Waals surface area contributed by atoms with Crippen LogP contribution in [0.25, 0.3) is 10.9 Å². The highest BCUT2D eigenvalue weighted by molar-refractivity contribution is 6.35. The monoisotopic (exact) mass is 263 g/mol. The Morgan fingerprint density at radius 1 is 1.33 bits per heavy atom. The number of rotatable bonds is 4. The van der Waals surface area contributed by atoms with Crippen LogP contribution in [0.2, 0.25) is 5.02 Å². The predicted molar refractivity (Wildman–Crippen MR) is 75.2 cm³/mol. The number of benzene rings is 1. The highest BCUT2D eigenvalue weighted by Crippen LogP contribution is 2.25. The molecule has 0 N–H and O–H groups in total. The first-order chi connectivity index (χ1) is 8.84. The van der Waals surface area contributed by atoms with Crippen LogP contribution in [-0.4, -0.2) is 17.3 Å². The number of aryl methyl sites for hydroxylation is 1. The summed E-state index contributed by atoms with van der Waals surface area (Å²) >= 11 is 6.26. The fourth-order valence-corrected chi connectivity index (χ4v) is 3.05. The van der Waals surface area contributed by atoms with E-state index in [0.717, 1.165) is 36.5 Å². The van der Waals surface area contributed by atoms with Gasteiger partial charge in [0, 0.05) is 24.7 Å². The van der Waals surface area contributed by atoms with Gasteiger partial charge in [-0.1, -0.05) is 23.7 Å². The van der Waals surface area contributed by atoms with Gasteiger partial charge in [-0.3, -0.25) is 0 Å². The SMILES string of the molecule is Clc1cccc2ccn(CCCC3CCCO3)c12. The van der Waals surface area contributed by atoms with Gasteiger partial charge in [0.25, 0.3) is 0 Å². The summed E-state index contributed by atoms with van der Waals surface area (Å²) in [6.45, 7) is 1.97. The lowest BCUT2D eigenvalue weighted by Crippen LogP contribution is -2.06. The van der Waals surface area contributed by atoms with Crippen molar-refractivity contribution < 1.29 is 4.74 Å². The summed E-state index contributed by atoms with van der Waals surface area (Å²) in [5.41, 5.74) is 1.16. The van der Waals surface area contributed by atoms with E-state index in [2.05, 4.69) is 22.9 Å². The molecule has 2 nitrogen and oxygen atoms in total. The van der Waals surface area contributed by atoms with Crippen molar-refractivity contribution in [2.75, 3.05) is 6.61 Å². The molecule has 1 fully saturated rings. The molecule has 1 atom stereocenters. The zero-order valence-electron chi connectivity index (χ0n) is 10.4. The molecule has 1 aromatic heterocycles. The largest absolute Gasteiger partial charge is 0.378 e. The maximum Gasteiger partial charge on any atom is 0.0669 e. The standard InChI is InChI=1S/C15H18ClNO/c16-14-7-1-4-12-8-10-17(15(12)14)9-2-5-13-6-3-11-18-13/h1,4,7-8,10,13H,2-3,5-6,9,11H2. The molecule has 0 bridgehead atoms. The Balaban J connectivity index is 1.67. The number of hydrogen-bond donors (Lipinski definition) is 0. The fraction of sp³-hybridized carbons (Fsp3) is 0.467. The van der Waals surface area contributed by atoms with Gasteiger partial charge in [0.05, 0.1) is 16.6 Å². The molecule has 1 aliphatic heterocycles. The zero-order chi connectivity index (χ0) is 12.4. The van der Waals surface area contributed by atoms with E-state index in [9.17, 15) is 0 Å². The molecular formula is C15H18ClNO. The Bertz CT molecular complexity index is 528. The maximum absolute atomic E-state index is 6.26. The van der Waals surface area contributed by atoms with Crippen molar-refractivity contribution in [1.29, 1.82) is 0 Å². The van der Waals surface area contributed by atoms with E-state index in [1.54, 1.807) is 0 Å². The molecule has 1 saturated heterocycles. The summed E-state index contributed by atoms with van der Waals surface area (Å²) < 4.78 is 7.90. The highest BCUT2D eigenvalue weighted by atomic mass is 35.5. The number of para-hydroxylation sites is 1. The number of ether oxygens (including phenoxy) is 1. The molecule has 0 amide bonds. The van der Waals surface area contributed by atoms with Gasteiger partial charge in [0.15, 0.2) is 0 Å². The summed E-state index contributed by atoms with van der Waals surface area (Å²) in [7, 11) is 0. The van der Waals surface area contributed by atoms with Crippen molar-refractivity contribution in [3.63, 3.8) is 0 Å². The third kappa shape index (κ3) is 2.40. The summed E-state index contributed by atoms with van der Waals surface area (Å²) in [6, 6.07) is 8.20. The second-order valence-electron chi connectivity index (χ2n) is 4.96. The van der Waals surface area contributed by atoms with Crippen molar-refractivity contribution in [3.8, 4) is 0 Å². The van der Waals surface area contributed by atoms with Gasteiger partial charge in [-0.2, -0.15) is 0 Å². The second kappa shape index (κ2) is 5.33. The molecular weight excluding hydrogens is 246 g/mol. The van der Waals surface area contributed by atoms with Gasteiger partial charge in [-0.15, -0.1) is 0 Å². The van der Waals surface area contributed by atoms with Gasteiger partial charge in [-0.25, -0.2) is 0 Å². The Kier molecular flexibility index (Phi) is 3.57. The van der Waals surface area contributed by atoms with Gasteiger partial charge in [-0.05, 0) is 37.8 Å². The van der Waals surface area contributed by atoms with Crippen molar-refractivity contribution in [2.24, 2.45) is 0 Å². The van der Waals surface area contributed by atoms with Crippen molar-refractivity contribution >= 4 is 22.5 Å². The van der Waals surface area contributed by atoms with Crippen LogP contribution in [0.15, 0.2) is 30.5 Å². The Labute approximate surface area is 112 Å². The normalized spacial score (nSPS) is 19.7. The molecule has 2 heterocycles. The van der Waals surface area contributed by atoms with Gasteiger partial charge in [0.1, 0.15) is 0 Å². The van der Waals surface area contributed by atoms with Crippen LogP contribution in [0.1, 0.15) is 25.7 Å². The van der Waals surface area contributed by atoms with E-state index in [-0.39, 0.29) is 0 Å². The van der Waals surface area contributed by atoms with E-state index < -0.39 is 0 Å². The summed E-state index contributed by atoms with van der Waals surface area (Å²) in [4.78, 5) is 0. The second-order valence-corrected chi connectivity index (χ2v) is 5.37. The van der Waals surface area contributed by atoms with E-state index >= 15 is 0 Å². The molecule has 18 heavy (non-hydrogen) atoms. The average Bonchev–Trinajstić information content (AvgIpc) is 3.00. The summed E-state index contributed by atoms with van der Waals surface area (Å²) in [5, 5.41) is 2.06. The van der Waals surface area contributed by atoms with Crippen LogP contribution in [0.3, 0.4) is 0 Å². The van der Waals surface area contributed by atoms with Crippen LogP contribution < -0.4 is 0 Å². The summed E-state index contributed by atoms with van der Waals surface area (Å²) in [6.07, 6.45) is 7.38. The molecule has 0 radical (unpaired) electrons. The predicted octanol–water partition coefficient (Wildman–Crippen LogP) is 4.25.